The Labute approximate surface area is 121 Å². The van der Waals surface area contributed by atoms with Gasteiger partial charge in [0.05, 0.1) is 5.52 Å². The smallest absolute Gasteiger partial charge is 0.0702 e. The number of para-hydroxylation sites is 1. The van der Waals surface area contributed by atoms with E-state index in [2.05, 4.69) is 58.8 Å². The molecule has 0 amide bonds. The molecule has 0 radical (unpaired) electrons. The maximum atomic E-state index is 4.56. The number of hydrogen-bond acceptors (Lipinski definition) is 1. The van der Waals surface area contributed by atoms with Gasteiger partial charge in [0.25, 0.3) is 0 Å². The summed E-state index contributed by atoms with van der Waals surface area (Å²) < 4.78 is 1.41. The first-order chi connectivity index (χ1) is 8.75. The third kappa shape index (κ3) is 2.18. The molecule has 1 saturated carbocycles. The molecule has 1 heterocycles. The van der Waals surface area contributed by atoms with Gasteiger partial charge >= 0.3 is 0 Å². The molecule has 1 fully saturated rings. The molecule has 0 N–H and O–H groups in total. The second-order valence-electron chi connectivity index (χ2n) is 5.05. The molecule has 18 heavy (non-hydrogen) atoms. The predicted molar refractivity (Wildman–Crippen MR) is 85.7 cm³/mol. The van der Waals surface area contributed by atoms with E-state index in [0.29, 0.717) is 0 Å². The SMILES string of the molecule is CC1CCC/C1=C(/I)c1cnc2ccccc2c1. The van der Waals surface area contributed by atoms with Gasteiger partial charge in [-0.3, -0.25) is 4.98 Å². The monoisotopic (exact) mass is 349 g/mol. The second kappa shape index (κ2) is 5.00. The molecule has 1 aliphatic rings. The number of pyridine rings is 1. The Morgan fingerprint density at radius 2 is 2.17 bits per heavy atom. The Kier molecular flexibility index (Phi) is 3.37. The normalized spacial score (nSPS) is 22.4. The molecule has 0 saturated heterocycles. The molecule has 1 atom stereocenters. The van der Waals surface area contributed by atoms with Crippen LogP contribution in [0.1, 0.15) is 31.7 Å². The van der Waals surface area contributed by atoms with Crippen LogP contribution < -0.4 is 0 Å². The predicted octanol–water partition coefficient (Wildman–Crippen LogP) is 5.20. The highest BCUT2D eigenvalue weighted by atomic mass is 127. The zero-order valence-corrected chi connectivity index (χ0v) is 12.6. The molecule has 3 rings (SSSR count). The third-order valence-corrected chi connectivity index (χ3v) is 5.12. The van der Waals surface area contributed by atoms with E-state index < -0.39 is 0 Å². The molecule has 92 valence electrons. The van der Waals surface area contributed by atoms with E-state index in [-0.39, 0.29) is 0 Å². The summed E-state index contributed by atoms with van der Waals surface area (Å²) >= 11 is 2.50. The molecule has 1 aromatic heterocycles. The molecule has 0 bridgehead atoms. The molecular formula is C16H16IN. The lowest BCUT2D eigenvalue weighted by atomic mass is 10.0. The van der Waals surface area contributed by atoms with Crippen LogP contribution in [0.3, 0.4) is 0 Å². The minimum Gasteiger partial charge on any atom is -0.256 e. The van der Waals surface area contributed by atoms with Gasteiger partial charge in [0.2, 0.25) is 0 Å². The fourth-order valence-corrected chi connectivity index (χ4v) is 3.82. The first-order valence-corrected chi connectivity index (χ1v) is 7.57. The summed E-state index contributed by atoms with van der Waals surface area (Å²) in [5.74, 6) is 0.739. The molecule has 0 spiro atoms. The highest BCUT2D eigenvalue weighted by molar-refractivity contribution is 14.1. The van der Waals surface area contributed by atoms with Gasteiger partial charge < -0.3 is 0 Å². The summed E-state index contributed by atoms with van der Waals surface area (Å²) in [5, 5.41) is 1.23. The average molecular weight is 349 g/mol. The minimum atomic E-state index is 0.739. The van der Waals surface area contributed by atoms with E-state index in [9.17, 15) is 0 Å². The van der Waals surface area contributed by atoms with Crippen molar-refractivity contribution in [2.45, 2.75) is 26.2 Å². The number of benzene rings is 1. The Morgan fingerprint density at radius 3 is 2.94 bits per heavy atom. The molecular weight excluding hydrogens is 333 g/mol. The van der Waals surface area contributed by atoms with Crippen molar-refractivity contribution in [3.8, 4) is 0 Å². The summed E-state index contributed by atoms with van der Waals surface area (Å²) in [6, 6.07) is 10.6. The molecule has 2 heteroatoms. The summed E-state index contributed by atoms with van der Waals surface area (Å²) in [6.45, 7) is 2.34. The van der Waals surface area contributed by atoms with E-state index in [4.69, 9.17) is 0 Å². The van der Waals surface area contributed by atoms with Gasteiger partial charge in [-0.2, -0.15) is 0 Å². The van der Waals surface area contributed by atoms with Crippen LogP contribution in [0.25, 0.3) is 14.5 Å². The van der Waals surface area contributed by atoms with Gasteiger partial charge in [-0.15, -0.1) is 0 Å². The lowest BCUT2D eigenvalue weighted by Crippen LogP contribution is -1.92. The van der Waals surface area contributed by atoms with Crippen LogP contribution in [-0.4, -0.2) is 4.98 Å². The first-order valence-electron chi connectivity index (χ1n) is 6.49. The van der Waals surface area contributed by atoms with E-state index in [0.717, 1.165) is 11.4 Å². The number of rotatable bonds is 1. The topological polar surface area (TPSA) is 12.9 Å². The summed E-state index contributed by atoms with van der Waals surface area (Å²) in [4.78, 5) is 4.56. The van der Waals surface area contributed by atoms with Crippen molar-refractivity contribution in [1.29, 1.82) is 0 Å². The second-order valence-corrected chi connectivity index (χ2v) is 6.13. The largest absolute Gasteiger partial charge is 0.256 e. The number of aromatic nitrogens is 1. The van der Waals surface area contributed by atoms with Crippen molar-refractivity contribution in [1.82, 2.24) is 4.98 Å². The van der Waals surface area contributed by atoms with Gasteiger partial charge in [-0.05, 0) is 59.9 Å². The van der Waals surface area contributed by atoms with E-state index in [1.54, 1.807) is 5.57 Å². The lowest BCUT2D eigenvalue weighted by molar-refractivity contribution is 0.698. The molecule has 0 aliphatic heterocycles. The number of nitrogens with zero attached hydrogens (tertiary/aromatic N) is 1. The van der Waals surface area contributed by atoms with Gasteiger partial charge in [-0.25, -0.2) is 0 Å². The summed E-state index contributed by atoms with van der Waals surface area (Å²) in [5.41, 5.74) is 3.97. The summed E-state index contributed by atoms with van der Waals surface area (Å²) in [6.07, 6.45) is 5.95. The fraction of sp³-hybridized carbons (Fsp3) is 0.312. The van der Waals surface area contributed by atoms with Crippen LogP contribution in [0.5, 0.6) is 0 Å². The highest BCUT2D eigenvalue weighted by Gasteiger charge is 2.20. The van der Waals surface area contributed by atoms with Crippen LogP contribution in [0.15, 0.2) is 42.1 Å². The molecule has 1 aliphatic carbocycles. The van der Waals surface area contributed by atoms with Crippen LogP contribution in [-0.2, 0) is 0 Å². The first kappa shape index (κ1) is 12.2. The zero-order valence-electron chi connectivity index (χ0n) is 10.5. The highest BCUT2D eigenvalue weighted by Crippen LogP contribution is 2.39. The Morgan fingerprint density at radius 1 is 1.33 bits per heavy atom. The Bertz CT molecular complexity index is 615. The van der Waals surface area contributed by atoms with Gasteiger partial charge in [0, 0.05) is 20.7 Å². The number of allylic oxidation sites excluding steroid dienone is 1. The van der Waals surface area contributed by atoms with Crippen LogP contribution in [0.2, 0.25) is 0 Å². The average Bonchev–Trinajstić information content (AvgIpc) is 2.83. The van der Waals surface area contributed by atoms with Crippen molar-refractivity contribution in [2.75, 3.05) is 0 Å². The molecule has 1 unspecified atom stereocenters. The Balaban J connectivity index is 2.09. The maximum Gasteiger partial charge on any atom is 0.0702 e. The van der Waals surface area contributed by atoms with Crippen LogP contribution in [0.4, 0.5) is 0 Å². The number of hydrogen-bond donors (Lipinski definition) is 0. The Hall–Kier alpha value is -0.900. The van der Waals surface area contributed by atoms with E-state index >= 15 is 0 Å². The fourth-order valence-electron chi connectivity index (χ4n) is 2.72. The quantitative estimate of drug-likeness (QED) is 0.645. The molecule has 1 nitrogen and oxygen atoms in total. The van der Waals surface area contributed by atoms with Crippen molar-refractivity contribution in [2.24, 2.45) is 5.92 Å². The van der Waals surface area contributed by atoms with Crippen molar-refractivity contribution in [3.05, 3.63) is 47.7 Å². The van der Waals surface area contributed by atoms with Crippen molar-refractivity contribution in [3.63, 3.8) is 0 Å². The third-order valence-electron chi connectivity index (χ3n) is 3.80. The van der Waals surface area contributed by atoms with Crippen LogP contribution in [0, 0.1) is 5.92 Å². The van der Waals surface area contributed by atoms with Crippen molar-refractivity contribution >= 4 is 37.1 Å². The van der Waals surface area contributed by atoms with Crippen molar-refractivity contribution < 1.29 is 0 Å². The minimum absolute atomic E-state index is 0.739. The van der Waals surface area contributed by atoms with Gasteiger partial charge in [0.15, 0.2) is 0 Å². The number of halogens is 1. The molecule has 1 aromatic carbocycles. The number of fused-ring (bicyclic) bond motifs is 1. The lowest BCUT2D eigenvalue weighted by Gasteiger charge is -2.10. The van der Waals surface area contributed by atoms with Gasteiger partial charge in [-0.1, -0.05) is 30.7 Å². The van der Waals surface area contributed by atoms with E-state index in [1.165, 1.54) is 33.8 Å². The standard InChI is InChI=1S/C16H16IN/c1-11-5-4-7-14(11)16(17)13-9-12-6-2-3-8-15(12)18-10-13/h2-3,6,8-11H,4-5,7H2,1H3/b16-14-. The zero-order chi connectivity index (χ0) is 12.5. The van der Waals surface area contributed by atoms with E-state index in [1.807, 2.05) is 12.3 Å². The van der Waals surface area contributed by atoms with Crippen LogP contribution >= 0.6 is 22.6 Å². The maximum absolute atomic E-state index is 4.56. The van der Waals surface area contributed by atoms with Gasteiger partial charge in [0.1, 0.15) is 0 Å². The summed E-state index contributed by atoms with van der Waals surface area (Å²) in [7, 11) is 0. The molecule has 2 aromatic rings.